The predicted molar refractivity (Wildman–Crippen MR) is 113 cm³/mol. The molecule has 0 N–H and O–H groups in total. The van der Waals surface area contributed by atoms with Gasteiger partial charge >= 0.3 is 13.3 Å². The van der Waals surface area contributed by atoms with Gasteiger partial charge in [-0.05, 0) is 31.9 Å². The minimum Gasteiger partial charge on any atom is -0.496 e. The van der Waals surface area contributed by atoms with Crippen molar-refractivity contribution in [1.82, 2.24) is 0 Å². The number of aryl methyl sites for hydroxylation is 3. The number of ketones is 1. The molecule has 0 spiro atoms. The molecule has 2 rings (SSSR count). The molecule has 154 valence electrons. The van der Waals surface area contributed by atoms with Crippen molar-refractivity contribution >= 4 is 19.1 Å². The van der Waals surface area contributed by atoms with Crippen LogP contribution in [0, 0.1) is 20.8 Å². The van der Waals surface area contributed by atoms with Gasteiger partial charge in [-0.25, -0.2) is 4.79 Å². The predicted octanol–water partition coefficient (Wildman–Crippen LogP) is 4.88. The third-order valence-electron chi connectivity index (χ3n) is 4.65. The molecule has 0 aliphatic heterocycles. The molecule has 0 amide bonds. The van der Waals surface area contributed by atoms with E-state index in [0.29, 0.717) is 11.3 Å². The van der Waals surface area contributed by atoms with E-state index in [1.165, 1.54) is 33.5 Å². The molecule has 6 nitrogen and oxygen atoms in total. The number of rotatable bonds is 9. The minimum absolute atomic E-state index is 0.0203. The summed E-state index contributed by atoms with van der Waals surface area (Å²) < 4.78 is 28.4. The number of benzene rings is 2. The van der Waals surface area contributed by atoms with Gasteiger partial charge in [0.05, 0.1) is 27.8 Å². The fourth-order valence-electron chi connectivity index (χ4n) is 3.39. The Morgan fingerprint density at radius 3 is 1.79 bits per heavy atom. The van der Waals surface area contributed by atoms with Crippen LogP contribution in [0.1, 0.15) is 43.8 Å². The van der Waals surface area contributed by atoms with Crippen molar-refractivity contribution in [2.75, 3.05) is 27.5 Å². The molecule has 2 aromatic carbocycles. The van der Waals surface area contributed by atoms with Gasteiger partial charge in [-0.1, -0.05) is 22.3 Å². The monoisotopic (exact) mass is 417 g/mol. The molecule has 0 bridgehead atoms. The lowest BCUT2D eigenvalue weighted by molar-refractivity contribution is 0.0988. The highest BCUT2D eigenvalue weighted by molar-refractivity contribution is 7.64. The molecule has 0 saturated carbocycles. The first-order valence-corrected chi connectivity index (χ1v) is 10.6. The van der Waals surface area contributed by atoms with Gasteiger partial charge in [0, 0.05) is 17.7 Å². The van der Waals surface area contributed by atoms with E-state index in [0.717, 1.165) is 16.7 Å². The van der Waals surface area contributed by atoms with E-state index < -0.39 is 13.3 Å². The van der Waals surface area contributed by atoms with E-state index in [9.17, 15) is 14.2 Å². The summed E-state index contributed by atoms with van der Waals surface area (Å²) >= 11 is 0. The second-order valence-electron chi connectivity index (χ2n) is 6.76. The van der Waals surface area contributed by atoms with Crippen LogP contribution in [0.3, 0.4) is 0 Å². The van der Waals surface area contributed by atoms with Crippen LogP contribution in [0.4, 0.5) is 0 Å². The molecule has 1 unspecified atom stereocenters. The lowest BCUT2D eigenvalue weighted by atomic mass is 9.96. The van der Waals surface area contributed by atoms with E-state index in [-0.39, 0.29) is 35.4 Å². The molecule has 0 saturated heterocycles. The zero-order valence-corrected chi connectivity index (χ0v) is 18.5. The van der Waals surface area contributed by atoms with E-state index in [1.54, 1.807) is 0 Å². The van der Waals surface area contributed by atoms with Crippen molar-refractivity contribution in [2.24, 2.45) is 0 Å². The molecule has 7 heteroatoms. The molecule has 0 aliphatic rings. The van der Waals surface area contributed by atoms with Crippen LogP contribution in [0.5, 0.6) is 17.2 Å². The fourth-order valence-corrected chi connectivity index (χ4v) is 4.47. The van der Waals surface area contributed by atoms with Gasteiger partial charge in [-0.15, -0.1) is 0 Å². The first-order valence-electron chi connectivity index (χ1n) is 9.13. The number of carbonyl (C=O) groups is 2. The SMILES string of the molecule is COc1cc(OC)c(C(=O)[P+](=O)CCC(=O)c2c(C)cc(C)cc2C)c(OC)c1. The Morgan fingerprint density at radius 1 is 0.828 bits per heavy atom. The van der Waals surface area contributed by atoms with Crippen molar-refractivity contribution in [1.29, 1.82) is 0 Å². The highest BCUT2D eigenvalue weighted by Crippen LogP contribution is 2.40. The first kappa shape index (κ1) is 22.6. The summed E-state index contributed by atoms with van der Waals surface area (Å²) in [4.78, 5) is 25.5. The second kappa shape index (κ2) is 9.66. The summed E-state index contributed by atoms with van der Waals surface area (Å²) in [6, 6.07) is 6.95. The zero-order valence-electron chi connectivity index (χ0n) is 17.6. The van der Waals surface area contributed by atoms with Crippen molar-refractivity contribution in [2.45, 2.75) is 27.2 Å². The van der Waals surface area contributed by atoms with Crippen molar-refractivity contribution in [3.05, 3.63) is 52.1 Å². The normalized spacial score (nSPS) is 11.0. The Labute approximate surface area is 172 Å². The summed E-state index contributed by atoms with van der Waals surface area (Å²) in [5.74, 6) is 0.757. The molecule has 0 aliphatic carbocycles. The standard InChI is InChI=1S/C22H26O6P/c1-13-9-14(2)20(15(3)10-13)17(23)7-8-29(25)22(24)21-18(27-5)11-16(26-4)12-19(21)28-6/h9-12H,7-8H2,1-6H3/q+1. The van der Waals surface area contributed by atoms with Gasteiger partial charge in [0.25, 0.3) is 0 Å². The van der Waals surface area contributed by atoms with Crippen LogP contribution < -0.4 is 14.2 Å². The third-order valence-corrected chi connectivity index (χ3v) is 5.96. The summed E-state index contributed by atoms with van der Waals surface area (Å²) in [6.45, 7) is 5.73. The van der Waals surface area contributed by atoms with Crippen molar-refractivity contribution < 1.29 is 28.4 Å². The quantitative estimate of drug-likeness (QED) is 0.427. The molecular formula is C22H26O6P+. The number of methoxy groups -OCH3 is 3. The zero-order chi connectivity index (χ0) is 21.7. The lowest BCUT2D eigenvalue weighted by Gasteiger charge is -2.11. The second-order valence-corrected chi connectivity index (χ2v) is 8.37. The first-order chi connectivity index (χ1) is 13.7. The maximum absolute atomic E-state index is 12.8. The smallest absolute Gasteiger partial charge is 0.420 e. The number of Topliss-reactive ketones (excluding diaryl/α,β-unsaturated/α-hetero) is 1. The van der Waals surface area contributed by atoms with Gasteiger partial charge in [0.1, 0.15) is 17.2 Å². The van der Waals surface area contributed by atoms with Crippen LogP contribution in [0.2, 0.25) is 0 Å². The maximum atomic E-state index is 12.8. The van der Waals surface area contributed by atoms with Gasteiger partial charge in [0.2, 0.25) is 0 Å². The lowest BCUT2D eigenvalue weighted by Crippen LogP contribution is -2.08. The van der Waals surface area contributed by atoms with E-state index in [1.807, 2.05) is 32.9 Å². The van der Waals surface area contributed by atoms with E-state index >= 15 is 0 Å². The van der Waals surface area contributed by atoms with E-state index in [2.05, 4.69) is 0 Å². The topological polar surface area (TPSA) is 78.9 Å². The van der Waals surface area contributed by atoms with Crippen molar-refractivity contribution in [3.8, 4) is 17.2 Å². The Morgan fingerprint density at radius 2 is 1.34 bits per heavy atom. The fraction of sp³-hybridized carbons (Fsp3) is 0.364. The third kappa shape index (κ3) is 5.01. The Hall–Kier alpha value is -2.72. The highest BCUT2D eigenvalue weighted by atomic mass is 31.1. The molecule has 0 aromatic heterocycles. The number of ether oxygens (including phenoxy) is 3. The molecule has 0 heterocycles. The average Bonchev–Trinajstić information content (AvgIpc) is 2.69. The van der Waals surface area contributed by atoms with Gasteiger partial charge in [-0.2, -0.15) is 0 Å². The van der Waals surface area contributed by atoms with Crippen LogP contribution >= 0.6 is 7.80 Å². The molecule has 29 heavy (non-hydrogen) atoms. The average molecular weight is 417 g/mol. The summed E-state index contributed by atoms with van der Waals surface area (Å²) in [5.41, 5.74) is 2.95. The Kier molecular flexibility index (Phi) is 7.52. The summed E-state index contributed by atoms with van der Waals surface area (Å²) in [5, 5.41) is 0. The van der Waals surface area contributed by atoms with Crippen LogP contribution in [0.15, 0.2) is 24.3 Å². The van der Waals surface area contributed by atoms with Gasteiger partial charge in [-0.3, -0.25) is 4.79 Å². The largest absolute Gasteiger partial charge is 0.496 e. The maximum Gasteiger partial charge on any atom is 0.420 e. The number of carbonyl (C=O) groups excluding carboxylic acids is 2. The molecule has 2 aromatic rings. The molecule has 1 atom stereocenters. The number of hydrogen-bond donors (Lipinski definition) is 0. The summed E-state index contributed by atoms with van der Waals surface area (Å²) in [6.07, 6.45) is -0.0232. The van der Waals surface area contributed by atoms with Crippen molar-refractivity contribution in [3.63, 3.8) is 0 Å². The molecular weight excluding hydrogens is 391 g/mol. The van der Waals surface area contributed by atoms with Crippen LogP contribution in [-0.2, 0) is 4.57 Å². The van der Waals surface area contributed by atoms with E-state index in [4.69, 9.17) is 14.2 Å². The summed E-state index contributed by atoms with van der Waals surface area (Å²) in [7, 11) is 1.96. The van der Waals surface area contributed by atoms with Gasteiger partial charge < -0.3 is 14.2 Å². The highest BCUT2D eigenvalue weighted by Gasteiger charge is 2.36. The molecule has 0 fully saturated rings. The van der Waals surface area contributed by atoms with Gasteiger partial charge in [0.15, 0.2) is 17.5 Å². The molecule has 0 radical (unpaired) electrons. The van der Waals surface area contributed by atoms with Crippen LogP contribution in [0.25, 0.3) is 0 Å². The Bertz CT molecular complexity index is 916. The minimum atomic E-state index is -2.33. The Balaban J connectivity index is 2.22. The number of hydrogen-bond acceptors (Lipinski definition) is 6. The van der Waals surface area contributed by atoms with Crippen LogP contribution in [-0.4, -0.2) is 38.8 Å².